The number of primary amides is 1. The van der Waals surface area contributed by atoms with E-state index >= 15 is 0 Å². The van der Waals surface area contributed by atoms with Gasteiger partial charge >= 0.3 is 0 Å². The number of hydrogen-bond donors (Lipinski definition) is 2. The second-order valence-corrected chi connectivity index (χ2v) is 4.95. The molecule has 0 bridgehead atoms. The van der Waals surface area contributed by atoms with E-state index in [1.807, 2.05) is 30.5 Å². The first-order valence-corrected chi connectivity index (χ1v) is 6.96. The van der Waals surface area contributed by atoms with Crippen molar-refractivity contribution in [1.29, 1.82) is 5.26 Å². The number of carbonyl (C=O) groups excluding carboxylic acids is 1. The molecule has 23 heavy (non-hydrogen) atoms. The average molecular weight is 303 g/mol. The molecule has 1 amide bonds. The lowest BCUT2D eigenvalue weighted by atomic mass is 10.1. The molecule has 112 valence electrons. The molecule has 0 aliphatic heterocycles. The number of allylic oxidation sites excluding steroid dienone is 1. The Bertz CT molecular complexity index is 935. The molecular formula is C17H13N5O. The summed E-state index contributed by atoms with van der Waals surface area (Å²) < 4.78 is 0. The summed E-state index contributed by atoms with van der Waals surface area (Å²) in [5.41, 5.74) is 8.50. The van der Waals surface area contributed by atoms with Crippen LogP contribution in [0, 0.1) is 11.3 Å². The maximum absolute atomic E-state index is 11.1. The number of hydrogen-bond acceptors (Lipinski definition) is 4. The molecule has 0 saturated heterocycles. The minimum absolute atomic E-state index is 0.0480. The first-order valence-electron chi connectivity index (χ1n) is 6.96. The van der Waals surface area contributed by atoms with E-state index in [0.717, 1.165) is 27.9 Å². The van der Waals surface area contributed by atoms with Gasteiger partial charge in [-0.3, -0.25) is 9.78 Å². The van der Waals surface area contributed by atoms with Crippen LogP contribution in [0.5, 0.6) is 0 Å². The molecule has 0 aliphatic rings. The molecule has 3 rings (SSSR count). The fourth-order valence-electron chi connectivity index (χ4n) is 2.31. The van der Waals surface area contributed by atoms with Crippen LogP contribution in [0.25, 0.3) is 22.3 Å². The van der Waals surface area contributed by atoms with Gasteiger partial charge in [0.1, 0.15) is 17.3 Å². The number of carbonyl (C=O) groups is 1. The molecule has 0 aliphatic carbocycles. The zero-order chi connectivity index (χ0) is 16.2. The van der Waals surface area contributed by atoms with Crippen LogP contribution in [-0.2, 0) is 11.2 Å². The number of nitriles is 1. The van der Waals surface area contributed by atoms with E-state index in [-0.39, 0.29) is 5.57 Å². The number of fused-ring (bicyclic) bond motifs is 1. The molecule has 6 heteroatoms. The first kappa shape index (κ1) is 14.5. The van der Waals surface area contributed by atoms with Gasteiger partial charge in [-0.05, 0) is 30.2 Å². The monoisotopic (exact) mass is 303 g/mol. The number of nitrogens with two attached hydrogens (primary N) is 1. The summed E-state index contributed by atoms with van der Waals surface area (Å²) in [6.45, 7) is 0. The highest BCUT2D eigenvalue weighted by Gasteiger charge is 2.08. The van der Waals surface area contributed by atoms with Crippen LogP contribution in [0.15, 0.2) is 54.5 Å². The summed E-state index contributed by atoms with van der Waals surface area (Å²) in [7, 11) is 0. The molecule has 0 radical (unpaired) electrons. The Kier molecular flexibility index (Phi) is 3.85. The number of aromatic nitrogens is 3. The zero-order valence-corrected chi connectivity index (χ0v) is 12.2. The highest BCUT2D eigenvalue weighted by atomic mass is 16.1. The zero-order valence-electron chi connectivity index (χ0n) is 12.2. The van der Waals surface area contributed by atoms with Crippen LogP contribution in [0.3, 0.4) is 0 Å². The molecule has 3 aromatic rings. The quantitative estimate of drug-likeness (QED) is 0.568. The molecule has 0 aromatic carbocycles. The van der Waals surface area contributed by atoms with Gasteiger partial charge in [0.2, 0.25) is 0 Å². The average Bonchev–Trinajstić information content (AvgIpc) is 2.98. The third-order valence-electron chi connectivity index (χ3n) is 3.49. The number of amides is 1. The number of rotatable bonds is 4. The number of nitrogens with zero attached hydrogens (tertiary/aromatic N) is 3. The van der Waals surface area contributed by atoms with Gasteiger partial charge in [0.15, 0.2) is 0 Å². The molecule has 0 unspecified atom stereocenters. The lowest BCUT2D eigenvalue weighted by molar-refractivity contribution is -0.114. The van der Waals surface area contributed by atoms with E-state index in [2.05, 4.69) is 15.0 Å². The molecule has 0 saturated carbocycles. The van der Waals surface area contributed by atoms with Crippen LogP contribution < -0.4 is 5.73 Å². The van der Waals surface area contributed by atoms with Crippen LogP contribution >= 0.6 is 0 Å². The van der Waals surface area contributed by atoms with Crippen LogP contribution in [-0.4, -0.2) is 20.9 Å². The van der Waals surface area contributed by atoms with E-state index in [1.54, 1.807) is 18.5 Å². The summed E-state index contributed by atoms with van der Waals surface area (Å²) >= 11 is 0. The van der Waals surface area contributed by atoms with Gasteiger partial charge in [0.05, 0.1) is 5.69 Å². The predicted molar refractivity (Wildman–Crippen MR) is 85.9 cm³/mol. The van der Waals surface area contributed by atoms with Gasteiger partial charge in [-0.1, -0.05) is 12.1 Å². The Labute approximate surface area is 132 Å². The van der Waals surface area contributed by atoms with Gasteiger partial charge < -0.3 is 10.7 Å². The van der Waals surface area contributed by atoms with Gasteiger partial charge in [0.25, 0.3) is 5.91 Å². The van der Waals surface area contributed by atoms with Crippen molar-refractivity contribution in [3.8, 4) is 17.3 Å². The lowest BCUT2D eigenvalue weighted by Gasteiger charge is -2.01. The number of nitrogens with one attached hydrogen (secondary N) is 1. The van der Waals surface area contributed by atoms with Crippen LogP contribution in [0.2, 0.25) is 0 Å². The lowest BCUT2D eigenvalue weighted by Crippen LogP contribution is -2.12. The van der Waals surface area contributed by atoms with Crippen molar-refractivity contribution < 1.29 is 4.79 Å². The normalized spacial score (nSPS) is 11.3. The van der Waals surface area contributed by atoms with Crippen molar-refractivity contribution in [2.24, 2.45) is 5.73 Å². The van der Waals surface area contributed by atoms with E-state index in [1.165, 1.54) is 6.08 Å². The van der Waals surface area contributed by atoms with Crippen molar-refractivity contribution in [2.75, 3.05) is 0 Å². The summed E-state index contributed by atoms with van der Waals surface area (Å²) in [4.78, 5) is 22.9. The SMILES string of the molecule is N#CC(=CCc1c[nH]c2ncc(-c3ccccn3)cc12)C(N)=O. The number of H-pyrrole nitrogens is 1. The largest absolute Gasteiger partial charge is 0.365 e. The third kappa shape index (κ3) is 2.94. The molecule has 0 atom stereocenters. The smallest absolute Gasteiger partial charge is 0.259 e. The number of pyridine rings is 2. The van der Waals surface area contributed by atoms with Crippen LogP contribution in [0.4, 0.5) is 0 Å². The Morgan fingerprint density at radius 1 is 1.39 bits per heavy atom. The molecule has 3 heterocycles. The van der Waals surface area contributed by atoms with Crippen molar-refractivity contribution in [3.63, 3.8) is 0 Å². The van der Waals surface area contributed by atoms with E-state index < -0.39 is 5.91 Å². The van der Waals surface area contributed by atoms with Crippen LogP contribution in [0.1, 0.15) is 5.56 Å². The van der Waals surface area contributed by atoms with Crippen molar-refractivity contribution in [2.45, 2.75) is 6.42 Å². The van der Waals surface area contributed by atoms with Crippen molar-refractivity contribution in [1.82, 2.24) is 15.0 Å². The fraction of sp³-hybridized carbons (Fsp3) is 0.0588. The summed E-state index contributed by atoms with van der Waals surface area (Å²) in [6.07, 6.45) is 7.24. The van der Waals surface area contributed by atoms with Gasteiger partial charge in [0, 0.05) is 29.5 Å². The molecule has 3 N–H and O–H groups in total. The summed E-state index contributed by atoms with van der Waals surface area (Å²) in [5.74, 6) is -0.723. The Morgan fingerprint density at radius 3 is 2.96 bits per heavy atom. The minimum atomic E-state index is -0.723. The molecule has 6 nitrogen and oxygen atoms in total. The maximum Gasteiger partial charge on any atom is 0.259 e. The highest BCUT2D eigenvalue weighted by Crippen LogP contribution is 2.23. The molecule has 0 fully saturated rings. The molecule has 0 spiro atoms. The van der Waals surface area contributed by atoms with Gasteiger partial charge in [-0.15, -0.1) is 0 Å². The maximum atomic E-state index is 11.1. The Balaban J connectivity index is 2.00. The van der Waals surface area contributed by atoms with Gasteiger partial charge in [-0.25, -0.2) is 4.98 Å². The van der Waals surface area contributed by atoms with Crippen molar-refractivity contribution in [3.05, 3.63) is 60.1 Å². The summed E-state index contributed by atoms with van der Waals surface area (Å²) in [5, 5.41) is 9.81. The fourth-order valence-corrected chi connectivity index (χ4v) is 2.31. The first-order chi connectivity index (χ1) is 11.2. The number of aromatic amines is 1. The predicted octanol–water partition coefficient (Wildman–Crippen LogP) is 2.10. The second kappa shape index (κ2) is 6.12. The van der Waals surface area contributed by atoms with E-state index in [9.17, 15) is 4.79 Å². The molecule has 3 aromatic heterocycles. The minimum Gasteiger partial charge on any atom is -0.365 e. The third-order valence-corrected chi connectivity index (χ3v) is 3.49. The van der Waals surface area contributed by atoms with E-state index in [0.29, 0.717) is 6.42 Å². The summed E-state index contributed by atoms with van der Waals surface area (Å²) in [6, 6.07) is 9.47. The van der Waals surface area contributed by atoms with Gasteiger partial charge in [-0.2, -0.15) is 5.26 Å². The Morgan fingerprint density at radius 2 is 2.26 bits per heavy atom. The standard InChI is InChI=1S/C17H13N5O/c18-8-11(16(19)23)4-5-12-9-21-17-14(12)7-13(10-22-17)15-3-1-2-6-20-15/h1-4,6-7,9-10H,5H2,(H2,19,23)(H,21,22). The van der Waals surface area contributed by atoms with E-state index in [4.69, 9.17) is 11.0 Å². The Hall–Kier alpha value is -3.46. The van der Waals surface area contributed by atoms with Crippen molar-refractivity contribution >= 4 is 16.9 Å². The molecular weight excluding hydrogens is 290 g/mol. The second-order valence-electron chi connectivity index (χ2n) is 4.95. The topological polar surface area (TPSA) is 108 Å². The highest BCUT2D eigenvalue weighted by molar-refractivity contribution is 5.96.